The second kappa shape index (κ2) is 10.8. The fraction of sp³-hybridized carbons (Fsp3) is 0.500. The number of carbonyl (C=O) groups excluding carboxylic acids is 2. The first-order valence-electron chi connectivity index (χ1n) is 6.85. The molecule has 0 radical (unpaired) electrons. The molecule has 1 amide bonds. The van der Waals surface area contributed by atoms with Gasteiger partial charge < -0.3 is 14.8 Å². The van der Waals surface area contributed by atoms with Crippen LogP contribution in [-0.2, 0) is 14.3 Å². The van der Waals surface area contributed by atoms with E-state index in [1.54, 1.807) is 13.8 Å². The molecule has 21 heavy (non-hydrogen) atoms. The van der Waals surface area contributed by atoms with Crippen LogP contribution >= 0.6 is 0 Å². The van der Waals surface area contributed by atoms with E-state index in [-0.39, 0.29) is 89.0 Å². The molecule has 0 aliphatic carbocycles. The summed E-state index contributed by atoms with van der Waals surface area (Å²) in [5, 5.41) is 3.93. The summed E-state index contributed by atoms with van der Waals surface area (Å²) in [6, 6.07) is 7.54. The fourth-order valence-electron chi connectivity index (χ4n) is 1.52. The number of hydrogen-bond acceptors (Lipinski definition) is 3. The number of nitrogens with zero attached hydrogens (tertiary/aromatic N) is 1. The molecule has 0 aliphatic rings. The normalized spacial score (nSPS) is 10.4. The molecule has 0 fully saturated rings. The van der Waals surface area contributed by atoms with Crippen molar-refractivity contribution in [3.05, 3.63) is 35.1 Å². The van der Waals surface area contributed by atoms with E-state index in [2.05, 4.69) is 19.2 Å². The van der Waals surface area contributed by atoms with E-state index in [1.165, 1.54) is 5.56 Å². The average Bonchev–Trinajstić information content (AvgIpc) is 2.39. The molecule has 0 aromatic heterocycles. The maximum Gasteiger partial charge on any atom is 1.00 e. The number of rotatable bonds is 7. The molecule has 110 valence electrons. The minimum absolute atomic E-state index is 0. The zero-order chi connectivity index (χ0) is 15.1. The Hall–Kier alpha value is 0.125. The maximum absolute atomic E-state index is 11.6. The molecular weight excluding hydrogens is 340 g/mol. The summed E-state index contributed by atoms with van der Waals surface area (Å²) in [5.41, 5.74) is 1.81. The van der Waals surface area contributed by atoms with Crippen molar-refractivity contribution in [3.8, 4) is 0 Å². The van der Waals surface area contributed by atoms with Gasteiger partial charge in [-0.2, -0.15) is 0 Å². The second-order valence-electron chi connectivity index (χ2n) is 5.37. The topological polar surface area (TPSA) is 57.5 Å². The Bertz CT molecular complexity index is 455. The van der Waals surface area contributed by atoms with E-state index in [0.29, 0.717) is 11.6 Å². The molecule has 0 N–H and O–H groups in total. The standard InChI is InChI=1S/C16H23NO3.Rb/c1-11(2)13-5-7-14(8-6-13)17-16(19)10-20-9-15(18)12(3)4;/h5-8,11-12H,9-10H2,1-4H3,(H,17,19);/q;+1/p-1. The van der Waals surface area contributed by atoms with Crippen LogP contribution < -0.4 is 58.2 Å². The summed E-state index contributed by atoms with van der Waals surface area (Å²) >= 11 is 0. The van der Waals surface area contributed by atoms with Crippen molar-refractivity contribution >= 4 is 17.4 Å². The van der Waals surface area contributed by atoms with Crippen molar-refractivity contribution in [2.75, 3.05) is 13.2 Å². The van der Waals surface area contributed by atoms with Gasteiger partial charge in [0.2, 0.25) is 0 Å². The minimum Gasteiger partial charge on any atom is -0.625 e. The maximum atomic E-state index is 11.6. The minimum atomic E-state index is -0.376. The predicted molar refractivity (Wildman–Crippen MR) is 79.2 cm³/mol. The summed E-state index contributed by atoms with van der Waals surface area (Å²) in [7, 11) is 0. The molecule has 0 aliphatic heterocycles. The Morgan fingerprint density at radius 2 is 1.62 bits per heavy atom. The number of Topliss-reactive ketones (excluding diaryl/α,β-unsaturated/α-hetero) is 1. The van der Waals surface area contributed by atoms with Gasteiger partial charge in [-0.3, -0.25) is 4.79 Å². The number of carbonyl (C=O) groups is 2. The molecular formula is C16H22NO3Rb. The van der Waals surface area contributed by atoms with Crippen LogP contribution in [-0.4, -0.2) is 24.9 Å². The smallest absolute Gasteiger partial charge is 0.625 e. The van der Waals surface area contributed by atoms with Gasteiger partial charge in [-0.1, -0.05) is 52.0 Å². The van der Waals surface area contributed by atoms with Crippen LogP contribution in [0.3, 0.4) is 0 Å². The van der Waals surface area contributed by atoms with E-state index in [4.69, 9.17) is 4.74 Å². The summed E-state index contributed by atoms with van der Waals surface area (Å²) in [4.78, 5) is 22.9. The van der Waals surface area contributed by atoms with Crippen molar-refractivity contribution in [3.63, 3.8) is 0 Å². The molecule has 4 nitrogen and oxygen atoms in total. The molecule has 0 saturated carbocycles. The van der Waals surface area contributed by atoms with Gasteiger partial charge in [-0.25, -0.2) is 0 Å². The molecule has 1 aromatic rings. The van der Waals surface area contributed by atoms with E-state index in [1.807, 2.05) is 24.3 Å². The molecule has 5 heteroatoms. The van der Waals surface area contributed by atoms with Gasteiger partial charge in [0.25, 0.3) is 0 Å². The number of benzene rings is 1. The van der Waals surface area contributed by atoms with Crippen LogP contribution in [0.1, 0.15) is 39.2 Å². The first-order valence-corrected chi connectivity index (χ1v) is 6.85. The first kappa shape index (κ1) is 21.1. The van der Waals surface area contributed by atoms with Crippen LogP contribution in [0.15, 0.2) is 24.3 Å². The van der Waals surface area contributed by atoms with Gasteiger partial charge in [-0.15, -0.1) is 5.69 Å². The average molecular weight is 362 g/mol. The van der Waals surface area contributed by atoms with Crippen LogP contribution in [0.4, 0.5) is 5.69 Å². The Balaban J connectivity index is 0.00000400. The summed E-state index contributed by atoms with van der Waals surface area (Å²) < 4.78 is 5.06. The zero-order valence-electron chi connectivity index (χ0n) is 13.6. The Labute approximate surface area is 175 Å². The number of amides is 1. The van der Waals surface area contributed by atoms with Crippen molar-refractivity contribution in [1.82, 2.24) is 0 Å². The van der Waals surface area contributed by atoms with Gasteiger partial charge >= 0.3 is 58.2 Å². The third kappa shape index (κ3) is 8.36. The first-order chi connectivity index (χ1) is 9.40. The number of ketones is 1. The predicted octanol–water partition coefficient (Wildman–Crippen LogP) is 0.587. The van der Waals surface area contributed by atoms with Crippen molar-refractivity contribution < 1.29 is 72.5 Å². The fourth-order valence-corrected chi connectivity index (χ4v) is 1.52. The molecule has 0 heterocycles. The van der Waals surface area contributed by atoms with Gasteiger partial charge in [0, 0.05) is 5.92 Å². The molecule has 0 bridgehead atoms. The van der Waals surface area contributed by atoms with Crippen LogP contribution in [0.2, 0.25) is 0 Å². The molecule has 1 rings (SSSR count). The molecule has 0 unspecified atom stereocenters. The quantitative estimate of drug-likeness (QED) is 0.714. The summed E-state index contributed by atoms with van der Waals surface area (Å²) in [5.74, 6) is -0.0197. The Morgan fingerprint density at radius 1 is 1.05 bits per heavy atom. The van der Waals surface area contributed by atoms with Crippen LogP contribution in [0.25, 0.3) is 5.32 Å². The second-order valence-corrected chi connectivity index (χ2v) is 5.37. The third-order valence-corrected chi connectivity index (χ3v) is 2.93. The molecule has 0 spiro atoms. The SMILES string of the molecule is CC(C)C(=O)COCC(=O)[N-]c1ccc(C(C)C)cc1.[Rb+]. The van der Waals surface area contributed by atoms with E-state index in [9.17, 15) is 9.59 Å². The van der Waals surface area contributed by atoms with Gasteiger partial charge in [0.1, 0.15) is 6.61 Å². The molecule has 0 saturated heterocycles. The number of ether oxygens (including phenoxy) is 1. The van der Waals surface area contributed by atoms with E-state index < -0.39 is 0 Å². The van der Waals surface area contributed by atoms with Crippen LogP contribution in [0.5, 0.6) is 0 Å². The number of hydrogen-bond donors (Lipinski definition) is 0. The molecule has 0 atom stereocenters. The summed E-state index contributed by atoms with van der Waals surface area (Å²) in [6.45, 7) is 7.62. The van der Waals surface area contributed by atoms with Crippen molar-refractivity contribution in [1.29, 1.82) is 0 Å². The monoisotopic (exact) mass is 361 g/mol. The van der Waals surface area contributed by atoms with E-state index in [0.717, 1.165) is 0 Å². The van der Waals surface area contributed by atoms with Crippen LogP contribution in [0, 0.1) is 5.92 Å². The molecule has 1 aromatic carbocycles. The zero-order valence-corrected chi connectivity index (χ0v) is 18.5. The third-order valence-electron chi connectivity index (χ3n) is 2.93. The Kier molecular flexibility index (Phi) is 10.8. The Morgan fingerprint density at radius 3 is 2.10 bits per heavy atom. The van der Waals surface area contributed by atoms with Crippen molar-refractivity contribution in [2.24, 2.45) is 5.92 Å². The van der Waals surface area contributed by atoms with E-state index >= 15 is 0 Å². The summed E-state index contributed by atoms with van der Waals surface area (Å²) in [6.07, 6.45) is 0. The van der Waals surface area contributed by atoms with Crippen molar-refractivity contribution in [2.45, 2.75) is 33.6 Å². The largest absolute Gasteiger partial charge is 1.00 e. The van der Waals surface area contributed by atoms with Gasteiger partial charge in [0.15, 0.2) is 5.78 Å². The van der Waals surface area contributed by atoms with Gasteiger partial charge in [0.05, 0.1) is 12.5 Å². The van der Waals surface area contributed by atoms with Gasteiger partial charge in [-0.05, 0) is 11.5 Å².